The van der Waals surface area contributed by atoms with Gasteiger partial charge in [-0.2, -0.15) is 0 Å². The van der Waals surface area contributed by atoms with E-state index in [4.69, 9.17) is 11.1 Å². The maximum absolute atomic E-state index is 14.2. The van der Waals surface area contributed by atoms with Crippen molar-refractivity contribution in [1.29, 1.82) is 5.41 Å². The normalized spacial score (nSPS) is 26.8. The van der Waals surface area contributed by atoms with Gasteiger partial charge in [-0.05, 0) is 31.0 Å². The molecule has 6 nitrogen and oxygen atoms in total. The van der Waals surface area contributed by atoms with E-state index in [0.717, 1.165) is 42.0 Å². The first-order chi connectivity index (χ1) is 14.9. The second kappa shape index (κ2) is 8.26. The Kier molecular flexibility index (Phi) is 5.77. The van der Waals surface area contributed by atoms with Gasteiger partial charge in [0.1, 0.15) is 17.5 Å². The van der Waals surface area contributed by atoms with E-state index in [1.54, 1.807) is 12.1 Å². The highest BCUT2D eigenvalue weighted by Gasteiger charge is 2.62. The Morgan fingerprint density at radius 1 is 1.06 bits per heavy atom. The van der Waals surface area contributed by atoms with Crippen LogP contribution in [0.25, 0.3) is 0 Å². The fourth-order valence-corrected chi connectivity index (χ4v) is 5.50. The van der Waals surface area contributed by atoms with Crippen molar-refractivity contribution in [1.82, 2.24) is 9.80 Å². The summed E-state index contributed by atoms with van der Waals surface area (Å²) in [5.74, 6) is -3.09. The van der Waals surface area contributed by atoms with Crippen molar-refractivity contribution in [3.05, 3.63) is 70.8 Å². The van der Waals surface area contributed by atoms with Crippen LogP contribution in [0.4, 0.5) is 8.78 Å². The summed E-state index contributed by atoms with van der Waals surface area (Å²) < 4.78 is 27.4. The van der Waals surface area contributed by atoms with Gasteiger partial charge < -0.3 is 5.73 Å². The standard InChI is InChI=1S/C23H22F2N4O2.ClH/c24-15-8-7-14(16(25)10-15)11-29-22(30)18-17-2-1-9-28(17)20(19(18)23(29)31)12-3-5-13(6-4-12)21(26)27;/h3-8,10,17-20H,1-2,9,11H2,(H3,26,27);1H/t17-,18-,19-,20-;/m0./s1. The lowest BCUT2D eigenvalue weighted by atomic mass is 9.85. The van der Waals surface area contributed by atoms with Gasteiger partial charge in [0, 0.05) is 29.3 Å². The summed E-state index contributed by atoms with van der Waals surface area (Å²) in [6.45, 7) is 0.615. The third-order valence-corrected chi connectivity index (χ3v) is 6.85. The first-order valence-electron chi connectivity index (χ1n) is 10.4. The number of halogens is 3. The molecule has 4 atom stereocenters. The van der Waals surface area contributed by atoms with Crippen LogP contribution in [-0.4, -0.2) is 40.0 Å². The number of nitrogens with zero attached hydrogens (tertiary/aromatic N) is 2. The van der Waals surface area contributed by atoms with Crippen molar-refractivity contribution in [3.8, 4) is 0 Å². The smallest absolute Gasteiger partial charge is 0.235 e. The number of amides is 2. The molecule has 0 saturated carbocycles. The van der Waals surface area contributed by atoms with E-state index < -0.39 is 23.5 Å². The molecule has 0 spiro atoms. The molecule has 3 heterocycles. The molecule has 3 aliphatic rings. The Labute approximate surface area is 190 Å². The average molecular weight is 461 g/mol. The van der Waals surface area contributed by atoms with Crippen LogP contribution in [0.15, 0.2) is 42.5 Å². The zero-order chi connectivity index (χ0) is 21.9. The third-order valence-electron chi connectivity index (χ3n) is 6.85. The van der Waals surface area contributed by atoms with E-state index >= 15 is 0 Å². The van der Waals surface area contributed by atoms with Crippen LogP contribution < -0.4 is 5.73 Å². The quantitative estimate of drug-likeness (QED) is 0.417. The summed E-state index contributed by atoms with van der Waals surface area (Å²) in [5, 5.41) is 7.58. The Balaban J connectivity index is 0.00000245. The fraction of sp³-hybridized carbons (Fsp3) is 0.348. The number of nitrogens with one attached hydrogen (secondary N) is 1. The summed E-state index contributed by atoms with van der Waals surface area (Å²) in [5.41, 5.74) is 7.17. The van der Waals surface area contributed by atoms with Crippen LogP contribution >= 0.6 is 12.4 Å². The van der Waals surface area contributed by atoms with E-state index in [0.29, 0.717) is 5.56 Å². The van der Waals surface area contributed by atoms with E-state index in [9.17, 15) is 18.4 Å². The van der Waals surface area contributed by atoms with Crippen molar-refractivity contribution < 1.29 is 18.4 Å². The number of hydrogen-bond acceptors (Lipinski definition) is 4. The third kappa shape index (κ3) is 3.38. The maximum atomic E-state index is 14.2. The van der Waals surface area contributed by atoms with Gasteiger partial charge in [0.2, 0.25) is 11.8 Å². The monoisotopic (exact) mass is 460 g/mol. The molecule has 3 N–H and O–H groups in total. The number of amidine groups is 1. The van der Waals surface area contributed by atoms with Gasteiger partial charge in [-0.3, -0.25) is 24.8 Å². The number of benzene rings is 2. The summed E-state index contributed by atoms with van der Waals surface area (Å²) in [4.78, 5) is 30.1. The molecular formula is C23H23ClF2N4O2. The van der Waals surface area contributed by atoms with Crippen LogP contribution in [0.5, 0.6) is 0 Å². The fourth-order valence-electron chi connectivity index (χ4n) is 5.50. The number of nitrogens with two attached hydrogens (primary N) is 1. The van der Waals surface area contributed by atoms with Crippen molar-refractivity contribution in [2.45, 2.75) is 31.5 Å². The lowest BCUT2D eigenvalue weighted by molar-refractivity contribution is -0.142. The highest BCUT2D eigenvalue weighted by Crippen LogP contribution is 2.53. The van der Waals surface area contributed by atoms with Gasteiger partial charge in [0.05, 0.1) is 18.4 Å². The highest BCUT2D eigenvalue weighted by molar-refractivity contribution is 6.06. The molecule has 0 aliphatic carbocycles. The molecule has 3 fully saturated rings. The van der Waals surface area contributed by atoms with E-state index in [-0.39, 0.29) is 54.2 Å². The summed E-state index contributed by atoms with van der Waals surface area (Å²) in [6, 6.07) is 10.1. The van der Waals surface area contributed by atoms with Crippen molar-refractivity contribution in [2.75, 3.05) is 6.54 Å². The first-order valence-corrected chi connectivity index (χ1v) is 10.4. The predicted molar refractivity (Wildman–Crippen MR) is 116 cm³/mol. The number of likely N-dealkylation sites (tertiary alicyclic amines) is 1. The highest BCUT2D eigenvalue weighted by atomic mass is 35.5. The van der Waals surface area contributed by atoms with Crippen LogP contribution in [0.3, 0.4) is 0 Å². The minimum absolute atomic E-state index is 0. The number of nitrogen functional groups attached to an aromatic ring is 1. The van der Waals surface area contributed by atoms with Gasteiger partial charge in [-0.15, -0.1) is 12.4 Å². The molecule has 168 valence electrons. The zero-order valence-electron chi connectivity index (χ0n) is 17.1. The number of imide groups is 1. The van der Waals surface area contributed by atoms with E-state index in [1.165, 1.54) is 6.07 Å². The molecule has 0 bridgehead atoms. The summed E-state index contributed by atoms with van der Waals surface area (Å²) in [7, 11) is 0. The van der Waals surface area contributed by atoms with Crippen molar-refractivity contribution in [2.24, 2.45) is 17.6 Å². The molecule has 5 rings (SSSR count). The number of carbonyl (C=O) groups excluding carboxylic acids is 2. The van der Waals surface area contributed by atoms with Crippen molar-refractivity contribution in [3.63, 3.8) is 0 Å². The Bertz CT molecular complexity index is 1090. The second-order valence-corrected chi connectivity index (χ2v) is 8.48. The van der Waals surface area contributed by atoms with Gasteiger partial charge >= 0.3 is 0 Å². The molecular weight excluding hydrogens is 438 g/mol. The van der Waals surface area contributed by atoms with Crippen LogP contribution in [0, 0.1) is 28.9 Å². The van der Waals surface area contributed by atoms with Crippen LogP contribution in [-0.2, 0) is 16.1 Å². The lowest BCUT2D eigenvalue weighted by Crippen LogP contribution is -2.39. The first kappa shape index (κ1) is 22.4. The topological polar surface area (TPSA) is 90.5 Å². The SMILES string of the molecule is Cl.N=C(N)c1ccc([C@H]2[C@H]3C(=O)N(Cc4ccc(F)cc4F)C(=O)[C@H]3[C@@H]3CCCN32)cc1. The minimum Gasteiger partial charge on any atom is -0.384 e. The molecule has 2 amide bonds. The summed E-state index contributed by atoms with van der Waals surface area (Å²) in [6.07, 6.45) is 1.78. The molecule has 3 aliphatic heterocycles. The van der Waals surface area contributed by atoms with E-state index in [1.807, 2.05) is 12.1 Å². The summed E-state index contributed by atoms with van der Waals surface area (Å²) >= 11 is 0. The number of hydrogen-bond donors (Lipinski definition) is 2. The predicted octanol–water partition coefficient (Wildman–Crippen LogP) is 2.99. The number of rotatable bonds is 4. The Morgan fingerprint density at radius 3 is 2.41 bits per heavy atom. The molecule has 3 saturated heterocycles. The average Bonchev–Trinajstić information content (AvgIpc) is 3.38. The molecule has 2 aromatic rings. The Morgan fingerprint density at radius 2 is 1.75 bits per heavy atom. The molecule has 32 heavy (non-hydrogen) atoms. The maximum Gasteiger partial charge on any atom is 0.235 e. The molecule has 9 heteroatoms. The molecule has 0 radical (unpaired) electrons. The number of carbonyl (C=O) groups is 2. The number of fused-ring (bicyclic) bond motifs is 3. The van der Waals surface area contributed by atoms with Gasteiger partial charge in [0.15, 0.2) is 0 Å². The largest absolute Gasteiger partial charge is 0.384 e. The van der Waals surface area contributed by atoms with Gasteiger partial charge in [0.25, 0.3) is 0 Å². The molecule has 0 unspecified atom stereocenters. The van der Waals surface area contributed by atoms with Crippen LogP contribution in [0.2, 0.25) is 0 Å². The lowest BCUT2D eigenvalue weighted by Gasteiger charge is -2.29. The Hall–Kier alpha value is -2.84. The van der Waals surface area contributed by atoms with Gasteiger partial charge in [-0.1, -0.05) is 30.3 Å². The van der Waals surface area contributed by atoms with Gasteiger partial charge in [-0.25, -0.2) is 8.78 Å². The zero-order valence-corrected chi connectivity index (χ0v) is 17.9. The van der Waals surface area contributed by atoms with Crippen molar-refractivity contribution >= 4 is 30.1 Å². The molecule has 2 aromatic carbocycles. The minimum atomic E-state index is -0.767. The van der Waals surface area contributed by atoms with E-state index in [2.05, 4.69) is 4.90 Å². The molecule has 0 aromatic heterocycles. The second-order valence-electron chi connectivity index (χ2n) is 8.48. The van der Waals surface area contributed by atoms with Crippen LogP contribution in [0.1, 0.15) is 35.6 Å².